The fourth-order valence-corrected chi connectivity index (χ4v) is 3.37. The van der Waals surface area contributed by atoms with Crippen LogP contribution in [0.25, 0.3) is 11.4 Å². The van der Waals surface area contributed by atoms with E-state index in [1.54, 1.807) is 0 Å². The van der Waals surface area contributed by atoms with E-state index in [1.165, 1.54) is 17.3 Å². The predicted molar refractivity (Wildman–Crippen MR) is 102 cm³/mol. The van der Waals surface area contributed by atoms with Gasteiger partial charge < -0.3 is 9.88 Å². The van der Waals surface area contributed by atoms with Crippen molar-refractivity contribution in [1.82, 2.24) is 20.1 Å². The number of thioether (sulfide) groups is 1. The molecule has 134 valence electrons. The Morgan fingerprint density at radius 3 is 2.44 bits per heavy atom. The number of benzene rings is 1. The van der Waals surface area contributed by atoms with Crippen LogP contribution in [0.3, 0.4) is 0 Å². The Labute approximate surface area is 153 Å². The smallest absolute Gasteiger partial charge is 0.233 e. The minimum Gasteiger partial charge on any atom is -0.352 e. The minimum atomic E-state index is -0.181. The van der Waals surface area contributed by atoms with Gasteiger partial charge in [0.05, 0.1) is 5.25 Å². The van der Waals surface area contributed by atoms with Crippen molar-refractivity contribution in [2.45, 2.75) is 62.4 Å². The molecule has 0 radical (unpaired) electrons. The van der Waals surface area contributed by atoms with Gasteiger partial charge in [0.15, 0.2) is 11.0 Å². The Balaban J connectivity index is 1.73. The Morgan fingerprint density at radius 1 is 1.24 bits per heavy atom. The van der Waals surface area contributed by atoms with Crippen LogP contribution in [0.5, 0.6) is 0 Å². The lowest BCUT2D eigenvalue weighted by molar-refractivity contribution is -0.120. The number of carbonyl (C=O) groups is 1. The van der Waals surface area contributed by atoms with Gasteiger partial charge >= 0.3 is 0 Å². The normalized spacial score (nSPS) is 15.9. The molecule has 1 aromatic carbocycles. The van der Waals surface area contributed by atoms with Crippen LogP contribution in [-0.2, 0) is 17.3 Å². The van der Waals surface area contributed by atoms with Crippen LogP contribution in [0.4, 0.5) is 0 Å². The molecule has 0 bridgehead atoms. The highest BCUT2D eigenvalue weighted by atomic mass is 32.2. The summed E-state index contributed by atoms with van der Waals surface area (Å²) in [6.45, 7) is 8.52. The van der Waals surface area contributed by atoms with E-state index < -0.39 is 0 Å². The van der Waals surface area contributed by atoms with E-state index in [-0.39, 0.29) is 16.6 Å². The first-order valence-electron chi connectivity index (χ1n) is 8.73. The molecule has 0 spiro atoms. The lowest BCUT2D eigenvalue weighted by atomic mass is 9.87. The van der Waals surface area contributed by atoms with Gasteiger partial charge in [0.25, 0.3) is 0 Å². The molecule has 3 rings (SSSR count). The highest BCUT2D eigenvalue weighted by molar-refractivity contribution is 8.00. The van der Waals surface area contributed by atoms with Crippen molar-refractivity contribution in [1.29, 1.82) is 0 Å². The van der Waals surface area contributed by atoms with E-state index in [0.29, 0.717) is 6.04 Å². The summed E-state index contributed by atoms with van der Waals surface area (Å²) in [5.74, 6) is 0.893. The van der Waals surface area contributed by atoms with Crippen LogP contribution in [-0.4, -0.2) is 32.0 Å². The summed E-state index contributed by atoms with van der Waals surface area (Å²) >= 11 is 1.45. The van der Waals surface area contributed by atoms with Crippen molar-refractivity contribution >= 4 is 17.7 Å². The number of nitrogens with one attached hydrogen (secondary N) is 1. The first-order chi connectivity index (χ1) is 11.8. The topological polar surface area (TPSA) is 59.8 Å². The van der Waals surface area contributed by atoms with Gasteiger partial charge in [-0.2, -0.15) is 0 Å². The summed E-state index contributed by atoms with van der Waals surface area (Å²) in [6.07, 6.45) is 2.20. The molecule has 1 aliphatic rings. The quantitative estimate of drug-likeness (QED) is 0.831. The summed E-state index contributed by atoms with van der Waals surface area (Å²) in [4.78, 5) is 12.1. The minimum absolute atomic E-state index is 0.0755. The predicted octanol–water partition coefficient (Wildman–Crippen LogP) is 3.54. The largest absolute Gasteiger partial charge is 0.352 e. The van der Waals surface area contributed by atoms with Gasteiger partial charge in [-0.1, -0.05) is 56.8 Å². The van der Waals surface area contributed by atoms with Gasteiger partial charge in [0, 0.05) is 18.7 Å². The molecule has 25 heavy (non-hydrogen) atoms. The van der Waals surface area contributed by atoms with Crippen LogP contribution in [0.1, 0.15) is 46.1 Å². The Kier molecular flexibility index (Phi) is 4.91. The maximum atomic E-state index is 12.1. The zero-order valence-electron chi connectivity index (χ0n) is 15.5. The zero-order chi connectivity index (χ0) is 18.2. The van der Waals surface area contributed by atoms with Crippen molar-refractivity contribution in [3.8, 4) is 11.4 Å². The Hall–Kier alpha value is -1.82. The summed E-state index contributed by atoms with van der Waals surface area (Å²) in [5, 5.41) is 12.2. The van der Waals surface area contributed by atoms with Crippen molar-refractivity contribution in [3.05, 3.63) is 29.8 Å². The zero-order valence-corrected chi connectivity index (χ0v) is 16.4. The molecule has 1 amide bonds. The van der Waals surface area contributed by atoms with Gasteiger partial charge in [0.2, 0.25) is 5.91 Å². The summed E-state index contributed by atoms with van der Waals surface area (Å²) in [6, 6.07) is 8.84. The number of hydrogen-bond donors (Lipinski definition) is 1. The SMILES string of the molecule is C[C@@H](Sc1nnc(-c2ccc(C(C)(C)C)cc2)n1C)C(=O)NC1CC1. The maximum absolute atomic E-state index is 12.1. The second kappa shape index (κ2) is 6.83. The number of hydrogen-bond acceptors (Lipinski definition) is 4. The molecule has 5 nitrogen and oxygen atoms in total. The highest BCUT2D eigenvalue weighted by Gasteiger charge is 2.27. The van der Waals surface area contributed by atoms with E-state index in [1.807, 2.05) is 18.5 Å². The van der Waals surface area contributed by atoms with Gasteiger partial charge in [-0.15, -0.1) is 10.2 Å². The van der Waals surface area contributed by atoms with Crippen LogP contribution in [0, 0.1) is 0 Å². The number of rotatable bonds is 5. The molecular formula is C19H26N4OS. The third-order valence-corrected chi connectivity index (χ3v) is 5.55. The molecule has 1 heterocycles. The number of amides is 1. The molecule has 0 saturated heterocycles. The Morgan fingerprint density at radius 2 is 1.88 bits per heavy atom. The molecule has 1 aromatic heterocycles. The van der Waals surface area contributed by atoms with Crippen LogP contribution >= 0.6 is 11.8 Å². The molecule has 2 aromatic rings. The average Bonchev–Trinajstić information content (AvgIpc) is 3.30. The van der Waals surface area contributed by atoms with Gasteiger partial charge in [0.1, 0.15) is 0 Å². The Bertz CT molecular complexity index is 757. The molecule has 6 heteroatoms. The van der Waals surface area contributed by atoms with Crippen molar-refractivity contribution in [2.75, 3.05) is 0 Å². The molecule has 1 aliphatic carbocycles. The summed E-state index contributed by atoms with van der Waals surface area (Å²) in [5.41, 5.74) is 2.45. The number of nitrogens with zero attached hydrogens (tertiary/aromatic N) is 3. The van der Waals surface area contributed by atoms with Crippen molar-refractivity contribution in [2.24, 2.45) is 7.05 Å². The number of carbonyl (C=O) groups excluding carboxylic acids is 1. The van der Waals surface area contributed by atoms with Gasteiger partial charge in [-0.3, -0.25) is 4.79 Å². The molecular weight excluding hydrogens is 332 g/mol. The molecule has 0 unspecified atom stereocenters. The van der Waals surface area contributed by atoms with Crippen LogP contribution in [0.2, 0.25) is 0 Å². The molecule has 1 N–H and O–H groups in total. The average molecular weight is 359 g/mol. The second-order valence-corrected chi connectivity index (χ2v) is 9.04. The fraction of sp³-hybridized carbons (Fsp3) is 0.526. The third-order valence-electron chi connectivity index (χ3n) is 4.42. The fourth-order valence-electron chi connectivity index (χ4n) is 2.55. The maximum Gasteiger partial charge on any atom is 0.233 e. The van der Waals surface area contributed by atoms with Crippen LogP contribution in [0.15, 0.2) is 29.4 Å². The first-order valence-corrected chi connectivity index (χ1v) is 9.61. The van der Waals surface area contributed by atoms with Gasteiger partial charge in [-0.25, -0.2) is 0 Å². The molecule has 0 aliphatic heterocycles. The standard InChI is InChI=1S/C19H26N4OS/c1-12(17(24)20-15-10-11-15)25-18-22-21-16(23(18)5)13-6-8-14(9-7-13)19(2,3)4/h6-9,12,15H,10-11H2,1-5H3,(H,20,24)/t12-/m1/s1. The van der Waals surface area contributed by atoms with E-state index in [4.69, 9.17) is 0 Å². The van der Waals surface area contributed by atoms with E-state index >= 15 is 0 Å². The molecule has 1 fully saturated rings. The third kappa shape index (κ3) is 4.24. The van der Waals surface area contributed by atoms with E-state index in [9.17, 15) is 4.79 Å². The monoisotopic (exact) mass is 358 g/mol. The van der Waals surface area contributed by atoms with Crippen molar-refractivity contribution in [3.63, 3.8) is 0 Å². The van der Waals surface area contributed by atoms with Crippen LogP contribution < -0.4 is 5.32 Å². The molecule has 1 saturated carbocycles. The highest BCUT2D eigenvalue weighted by Crippen LogP contribution is 2.28. The second-order valence-electron chi connectivity index (χ2n) is 7.74. The summed E-state index contributed by atoms with van der Waals surface area (Å²) in [7, 11) is 1.95. The van der Waals surface area contributed by atoms with E-state index in [2.05, 4.69) is 60.6 Å². The lowest BCUT2D eigenvalue weighted by Crippen LogP contribution is -2.32. The van der Waals surface area contributed by atoms with Crippen molar-refractivity contribution < 1.29 is 4.79 Å². The lowest BCUT2D eigenvalue weighted by Gasteiger charge is -2.19. The summed E-state index contributed by atoms with van der Waals surface area (Å²) < 4.78 is 1.96. The molecule has 1 atom stereocenters. The number of aromatic nitrogens is 3. The van der Waals surface area contributed by atoms with E-state index in [0.717, 1.165) is 29.4 Å². The first kappa shape index (κ1) is 18.0. The van der Waals surface area contributed by atoms with Gasteiger partial charge in [-0.05, 0) is 30.7 Å².